The van der Waals surface area contributed by atoms with Crippen LogP contribution in [0.25, 0.3) is 10.9 Å². The molecule has 0 bridgehead atoms. The molecule has 112 valence electrons. The maximum atomic E-state index is 12.3. The molecule has 1 aromatic heterocycles. The van der Waals surface area contributed by atoms with Crippen molar-refractivity contribution in [2.24, 2.45) is 10.9 Å². The van der Waals surface area contributed by atoms with Gasteiger partial charge in [-0.1, -0.05) is 11.2 Å². The normalized spacial score (nSPS) is 12.7. The zero-order valence-corrected chi connectivity index (χ0v) is 12.0. The number of nitrogens with two attached hydrogens (primary N) is 1. The Morgan fingerprint density at radius 2 is 2.14 bits per heavy atom. The summed E-state index contributed by atoms with van der Waals surface area (Å²) in [6, 6.07) is 8.36. The number of nitrogens with one attached hydrogen (secondary N) is 1. The van der Waals surface area contributed by atoms with Gasteiger partial charge in [-0.05, 0) is 30.7 Å². The quantitative estimate of drug-likeness (QED) is 0.242. The van der Waals surface area contributed by atoms with Crippen LogP contribution in [0.4, 0.5) is 0 Å². The van der Waals surface area contributed by atoms with E-state index >= 15 is 0 Å². The van der Waals surface area contributed by atoms with Gasteiger partial charge in [-0.2, -0.15) is 0 Å². The molecule has 4 N–H and O–H groups in total. The number of aromatic nitrogens is 1. The summed E-state index contributed by atoms with van der Waals surface area (Å²) in [4.78, 5) is 4.33. The summed E-state index contributed by atoms with van der Waals surface area (Å²) >= 11 is 0. The monoisotopic (exact) mass is 308 g/mol. The van der Waals surface area contributed by atoms with Crippen molar-refractivity contribution in [2.75, 3.05) is 6.54 Å². The first-order valence-electron chi connectivity index (χ1n) is 6.34. The summed E-state index contributed by atoms with van der Waals surface area (Å²) in [5, 5.41) is 11.8. The Labute approximate surface area is 122 Å². The fourth-order valence-electron chi connectivity index (χ4n) is 1.91. The Bertz CT molecular complexity index is 754. The predicted octanol–water partition coefficient (Wildman–Crippen LogP) is 1.04. The van der Waals surface area contributed by atoms with Crippen LogP contribution in [0.3, 0.4) is 0 Å². The number of hydrogen-bond acceptors (Lipinski definition) is 5. The molecular formula is C13H16N4O3S. The molecular weight excluding hydrogens is 292 g/mol. The van der Waals surface area contributed by atoms with Crippen molar-refractivity contribution >= 4 is 26.8 Å². The zero-order chi connectivity index (χ0) is 15.3. The van der Waals surface area contributed by atoms with Crippen LogP contribution >= 0.6 is 0 Å². The molecule has 0 amide bonds. The van der Waals surface area contributed by atoms with E-state index in [1.807, 2.05) is 0 Å². The van der Waals surface area contributed by atoms with Gasteiger partial charge in [-0.25, -0.2) is 13.1 Å². The van der Waals surface area contributed by atoms with E-state index in [0.29, 0.717) is 23.7 Å². The molecule has 8 heteroatoms. The second kappa shape index (κ2) is 6.51. The molecule has 0 radical (unpaired) electrons. The Morgan fingerprint density at radius 1 is 1.33 bits per heavy atom. The number of benzene rings is 1. The van der Waals surface area contributed by atoms with E-state index < -0.39 is 10.0 Å². The number of oxime groups is 1. The van der Waals surface area contributed by atoms with Gasteiger partial charge in [0.15, 0.2) is 0 Å². The first-order valence-corrected chi connectivity index (χ1v) is 7.83. The van der Waals surface area contributed by atoms with Crippen molar-refractivity contribution in [3.63, 3.8) is 0 Å². The predicted molar refractivity (Wildman–Crippen MR) is 79.6 cm³/mol. The molecule has 0 saturated carbocycles. The van der Waals surface area contributed by atoms with Crippen molar-refractivity contribution in [1.29, 1.82) is 0 Å². The highest BCUT2D eigenvalue weighted by atomic mass is 32.2. The van der Waals surface area contributed by atoms with Gasteiger partial charge in [-0.15, -0.1) is 0 Å². The van der Waals surface area contributed by atoms with Crippen LogP contribution in [0.2, 0.25) is 0 Å². The second-order valence-electron chi connectivity index (χ2n) is 4.42. The highest BCUT2D eigenvalue weighted by molar-refractivity contribution is 7.89. The lowest BCUT2D eigenvalue weighted by Crippen LogP contribution is -2.26. The number of rotatable bonds is 6. The molecule has 1 aromatic carbocycles. The minimum absolute atomic E-state index is 0.0727. The molecule has 2 aromatic rings. The fourth-order valence-corrected chi connectivity index (χ4v) is 3.20. The van der Waals surface area contributed by atoms with Gasteiger partial charge in [0, 0.05) is 24.5 Å². The van der Waals surface area contributed by atoms with E-state index in [2.05, 4.69) is 14.9 Å². The van der Waals surface area contributed by atoms with Crippen molar-refractivity contribution in [3.05, 3.63) is 36.5 Å². The van der Waals surface area contributed by atoms with Gasteiger partial charge in [0.1, 0.15) is 5.84 Å². The second-order valence-corrected chi connectivity index (χ2v) is 6.15. The number of hydrogen-bond donors (Lipinski definition) is 3. The molecule has 21 heavy (non-hydrogen) atoms. The highest BCUT2D eigenvalue weighted by Crippen LogP contribution is 2.20. The van der Waals surface area contributed by atoms with E-state index in [1.165, 1.54) is 6.07 Å². The standard InChI is InChI=1S/C13H16N4O3S/c14-13(17-18)7-3-9-16-21(19,20)12-6-1-5-11-10(12)4-2-8-15-11/h1-2,4-6,8,16,18H,3,7,9H2,(H2,14,17). The number of sulfonamides is 1. The SMILES string of the molecule is N/C(CCCNS(=O)(=O)c1cccc2ncccc12)=N/O. The molecule has 2 rings (SSSR count). The largest absolute Gasteiger partial charge is 0.409 e. The van der Waals surface area contributed by atoms with Gasteiger partial charge < -0.3 is 10.9 Å². The lowest BCUT2D eigenvalue weighted by molar-refractivity contribution is 0.316. The third-order valence-electron chi connectivity index (χ3n) is 2.93. The summed E-state index contributed by atoms with van der Waals surface area (Å²) < 4.78 is 27.1. The molecule has 0 saturated heterocycles. The Balaban J connectivity index is 2.15. The zero-order valence-electron chi connectivity index (χ0n) is 11.2. The molecule has 0 aliphatic rings. The fraction of sp³-hybridized carbons (Fsp3) is 0.231. The maximum Gasteiger partial charge on any atom is 0.241 e. The minimum atomic E-state index is -3.62. The third-order valence-corrected chi connectivity index (χ3v) is 4.44. The summed E-state index contributed by atoms with van der Waals surface area (Å²) in [6.07, 6.45) is 2.37. The lowest BCUT2D eigenvalue weighted by Gasteiger charge is -2.09. The Kier molecular flexibility index (Phi) is 4.71. The topological polar surface area (TPSA) is 118 Å². The Hall–Kier alpha value is -2.19. The van der Waals surface area contributed by atoms with Gasteiger partial charge in [0.2, 0.25) is 10.0 Å². The highest BCUT2D eigenvalue weighted by Gasteiger charge is 2.16. The first kappa shape index (κ1) is 15.2. The van der Waals surface area contributed by atoms with Crippen LogP contribution < -0.4 is 10.5 Å². The molecule has 0 atom stereocenters. The molecule has 0 unspecified atom stereocenters. The smallest absolute Gasteiger partial charge is 0.241 e. The van der Waals surface area contributed by atoms with Crippen LogP contribution in [0.5, 0.6) is 0 Å². The van der Waals surface area contributed by atoms with E-state index in [0.717, 1.165) is 0 Å². The average molecular weight is 308 g/mol. The molecule has 1 heterocycles. The van der Waals surface area contributed by atoms with E-state index in [9.17, 15) is 8.42 Å². The number of pyridine rings is 1. The van der Waals surface area contributed by atoms with E-state index in [-0.39, 0.29) is 17.3 Å². The lowest BCUT2D eigenvalue weighted by atomic mass is 10.2. The summed E-state index contributed by atoms with van der Waals surface area (Å²) in [6.45, 7) is 0.204. The van der Waals surface area contributed by atoms with Gasteiger partial charge in [0.25, 0.3) is 0 Å². The first-order chi connectivity index (χ1) is 10.0. The number of amidine groups is 1. The van der Waals surface area contributed by atoms with Crippen LogP contribution in [-0.2, 0) is 10.0 Å². The average Bonchev–Trinajstić information content (AvgIpc) is 2.50. The Morgan fingerprint density at radius 3 is 2.90 bits per heavy atom. The summed E-state index contributed by atoms with van der Waals surface area (Å²) in [5.74, 6) is 0.0727. The molecule has 0 aliphatic carbocycles. The summed E-state index contributed by atoms with van der Waals surface area (Å²) in [5.41, 5.74) is 5.95. The van der Waals surface area contributed by atoms with Crippen LogP contribution in [0.1, 0.15) is 12.8 Å². The van der Waals surface area contributed by atoms with Gasteiger partial charge >= 0.3 is 0 Å². The maximum absolute atomic E-state index is 12.3. The van der Waals surface area contributed by atoms with E-state index in [1.54, 1.807) is 30.5 Å². The number of nitrogens with zero attached hydrogens (tertiary/aromatic N) is 2. The minimum Gasteiger partial charge on any atom is -0.409 e. The third kappa shape index (κ3) is 3.67. The van der Waals surface area contributed by atoms with Crippen LogP contribution in [-0.4, -0.2) is 31.0 Å². The van der Waals surface area contributed by atoms with Crippen LogP contribution in [0, 0.1) is 0 Å². The summed E-state index contributed by atoms with van der Waals surface area (Å²) in [7, 11) is -3.62. The van der Waals surface area contributed by atoms with E-state index in [4.69, 9.17) is 10.9 Å². The molecule has 0 spiro atoms. The van der Waals surface area contributed by atoms with Crippen molar-refractivity contribution in [1.82, 2.24) is 9.71 Å². The molecule has 0 fully saturated rings. The number of fused-ring (bicyclic) bond motifs is 1. The van der Waals surface area contributed by atoms with Crippen LogP contribution in [0.15, 0.2) is 46.6 Å². The van der Waals surface area contributed by atoms with Crippen molar-refractivity contribution < 1.29 is 13.6 Å². The van der Waals surface area contributed by atoms with Crippen molar-refractivity contribution in [3.8, 4) is 0 Å². The van der Waals surface area contributed by atoms with Gasteiger partial charge in [-0.3, -0.25) is 4.98 Å². The molecule has 0 aliphatic heterocycles. The molecule has 7 nitrogen and oxygen atoms in total. The van der Waals surface area contributed by atoms with Crippen molar-refractivity contribution in [2.45, 2.75) is 17.7 Å². The van der Waals surface area contributed by atoms with Gasteiger partial charge in [0.05, 0.1) is 10.4 Å².